The van der Waals surface area contributed by atoms with Crippen LogP contribution in [0.2, 0.25) is 0 Å². The highest BCUT2D eigenvalue weighted by atomic mass is 16.6. The van der Waals surface area contributed by atoms with Crippen LogP contribution in [0.3, 0.4) is 0 Å². The Hall–Kier alpha value is -1.58. The van der Waals surface area contributed by atoms with E-state index in [4.69, 9.17) is 9.47 Å². The first kappa shape index (κ1) is 7.09. The zero-order valence-corrected chi connectivity index (χ0v) is 6.63. The van der Waals surface area contributed by atoms with E-state index < -0.39 is 11.9 Å². The molecule has 0 N–H and O–H groups in total. The van der Waals surface area contributed by atoms with E-state index >= 15 is 0 Å². The highest BCUT2D eigenvalue weighted by Gasteiger charge is 2.41. The molecule has 2 rings (SSSR count). The minimum atomic E-state index is -0.495. The number of fused-ring (bicyclic) bond motifs is 1. The van der Waals surface area contributed by atoms with E-state index in [0.717, 1.165) is 0 Å². The molecule has 0 aromatic carbocycles. The Kier molecular flexibility index (Phi) is 1.16. The Morgan fingerprint density at radius 1 is 0.833 bits per heavy atom. The highest BCUT2D eigenvalue weighted by Crippen LogP contribution is 2.34. The molecule has 0 saturated heterocycles. The summed E-state index contributed by atoms with van der Waals surface area (Å²) in [6.45, 7) is 3.14. The molecule has 4 nitrogen and oxygen atoms in total. The molecule has 0 saturated carbocycles. The quantitative estimate of drug-likeness (QED) is 0.496. The second kappa shape index (κ2) is 1.97. The first-order chi connectivity index (χ1) is 5.61. The first-order valence-electron chi connectivity index (χ1n) is 3.47. The number of esters is 2. The molecule has 0 unspecified atom stereocenters. The van der Waals surface area contributed by atoms with Gasteiger partial charge in [-0.15, -0.1) is 0 Å². The van der Waals surface area contributed by atoms with Gasteiger partial charge in [-0.3, -0.25) is 0 Å². The molecule has 4 heteroatoms. The van der Waals surface area contributed by atoms with E-state index in [2.05, 4.69) is 0 Å². The van der Waals surface area contributed by atoms with Crippen LogP contribution in [-0.4, -0.2) is 11.9 Å². The number of cyclic esters (lactones) is 2. The van der Waals surface area contributed by atoms with Crippen LogP contribution >= 0.6 is 0 Å². The molecule has 0 atom stereocenters. The standard InChI is InChI=1S/C8H6O4/c1-3-5-6(8(10)11-3)4(2)12-7(5)9/h1-2H3. The molecule has 2 aliphatic rings. The molecule has 0 aromatic heterocycles. The predicted molar refractivity (Wildman–Crippen MR) is 37.6 cm³/mol. The second-order valence-corrected chi connectivity index (χ2v) is 2.64. The number of rotatable bonds is 0. The Balaban J connectivity index is 2.64. The maximum Gasteiger partial charge on any atom is 0.347 e. The maximum atomic E-state index is 11.1. The minimum absolute atomic E-state index is 0.275. The van der Waals surface area contributed by atoms with Crippen LogP contribution in [0.4, 0.5) is 0 Å². The third-order valence-electron chi connectivity index (χ3n) is 1.85. The molecule has 2 aliphatic heterocycles. The Morgan fingerprint density at radius 3 is 1.50 bits per heavy atom. The number of allylic oxidation sites excluding steroid dienone is 2. The van der Waals surface area contributed by atoms with Crippen molar-refractivity contribution in [2.45, 2.75) is 13.8 Å². The van der Waals surface area contributed by atoms with Gasteiger partial charge < -0.3 is 9.47 Å². The Labute approximate surface area is 68.5 Å². The minimum Gasteiger partial charge on any atom is -0.427 e. The fraction of sp³-hybridized carbons (Fsp3) is 0.250. The first-order valence-corrected chi connectivity index (χ1v) is 3.47. The van der Waals surface area contributed by atoms with Crippen molar-refractivity contribution >= 4 is 11.9 Å². The third-order valence-corrected chi connectivity index (χ3v) is 1.85. The SMILES string of the molecule is CC1=C2C(=O)OC(C)=C2C(=O)O1. The van der Waals surface area contributed by atoms with Crippen LogP contribution in [0.5, 0.6) is 0 Å². The zero-order chi connectivity index (χ0) is 8.88. The normalized spacial score (nSPS) is 21.5. The van der Waals surface area contributed by atoms with Crippen molar-refractivity contribution in [3.8, 4) is 0 Å². The summed E-state index contributed by atoms with van der Waals surface area (Å²) in [6.07, 6.45) is 0. The van der Waals surface area contributed by atoms with Crippen molar-refractivity contribution in [2.75, 3.05) is 0 Å². The van der Waals surface area contributed by atoms with Gasteiger partial charge in [-0.05, 0) is 13.8 Å². The Bertz CT molecular complexity index is 323. The lowest BCUT2D eigenvalue weighted by Crippen LogP contribution is -1.97. The van der Waals surface area contributed by atoms with Gasteiger partial charge in [0.05, 0.1) is 0 Å². The lowest BCUT2D eigenvalue weighted by atomic mass is 10.1. The molecule has 0 fully saturated rings. The van der Waals surface area contributed by atoms with Gasteiger partial charge >= 0.3 is 11.9 Å². The van der Waals surface area contributed by atoms with Gasteiger partial charge in [-0.1, -0.05) is 0 Å². The van der Waals surface area contributed by atoms with Crippen molar-refractivity contribution in [3.63, 3.8) is 0 Å². The van der Waals surface area contributed by atoms with Crippen molar-refractivity contribution < 1.29 is 19.1 Å². The topological polar surface area (TPSA) is 52.6 Å². The van der Waals surface area contributed by atoms with Crippen LogP contribution in [0, 0.1) is 0 Å². The molecule has 0 aliphatic carbocycles. The van der Waals surface area contributed by atoms with Gasteiger partial charge in [0.25, 0.3) is 0 Å². The molecule has 12 heavy (non-hydrogen) atoms. The molecule has 0 radical (unpaired) electrons. The fourth-order valence-corrected chi connectivity index (χ4v) is 1.33. The number of hydrogen-bond donors (Lipinski definition) is 0. The molecule has 0 bridgehead atoms. The fourth-order valence-electron chi connectivity index (χ4n) is 1.33. The van der Waals surface area contributed by atoms with Crippen molar-refractivity contribution in [1.82, 2.24) is 0 Å². The third kappa shape index (κ3) is 0.664. The van der Waals surface area contributed by atoms with Crippen molar-refractivity contribution in [1.29, 1.82) is 0 Å². The van der Waals surface area contributed by atoms with Crippen LogP contribution in [0.1, 0.15) is 13.8 Å². The zero-order valence-electron chi connectivity index (χ0n) is 6.63. The molecule has 62 valence electrons. The summed E-state index contributed by atoms with van der Waals surface area (Å²) in [6, 6.07) is 0. The lowest BCUT2D eigenvalue weighted by Gasteiger charge is -1.96. The highest BCUT2D eigenvalue weighted by molar-refractivity contribution is 6.13. The van der Waals surface area contributed by atoms with E-state index in [1.807, 2.05) is 0 Å². The van der Waals surface area contributed by atoms with Crippen molar-refractivity contribution in [2.24, 2.45) is 0 Å². The van der Waals surface area contributed by atoms with Gasteiger partial charge in [-0.25, -0.2) is 9.59 Å². The van der Waals surface area contributed by atoms with E-state index in [1.54, 1.807) is 13.8 Å². The summed E-state index contributed by atoms with van der Waals surface area (Å²) < 4.78 is 9.50. The molecule has 0 spiro atoms. The summed E-state index contributed by atoms with van der Waals surface area (Å²) in [4.78, 5) is 22.1. The van der Waals surface area contributed by atoms with E-state index in [9.17, 15) is 9.59 Å². The van der Waals surface area contributed by atoms with Gasteiger partial charge in [0.15, 0.2) is 0 Å². The number of carbonyl (C=O) groups excluding carboxylic acids is 2. The number of ether oxygens (including phenoxy) is 2. The molecule has 0 aromatic rings. The molecular weight excluding hydrogens is 160 g/mol. The van der Waals surface area contributed by atoms with Gasteiger partial charge in [0.1, 0.15) is 22.7 Å². The predicted octanol–water partition coefficient (Wildman–Crippen LogP) is 0.648. The number of hydrogen-bond acceptors (Lipinski definition) is 4. The van der Waals surface area contributed by atoms with Gasteiger partial charge in [0, 0.05) is 0 Å². The van der Waals surface area contributed by atoms with E-state index in [1.165, 1.54) is 0 Å². The average molecular weight is 166 g/mol. The summed E-state index contributed by atoms with van der Waals surface area (Å²) in [5.41, 5.74) is 0.551. The molecule has 2 heterocycles. The maximum absolute atomic E-state index is 11.1. The van der Waals surface area contributed by atoms with Crippen LogP contribution in [-0.2, 0) is 19.1 Å². The summed E-state index contributed by atoms with van der Waals surface area (Å²) in [5.74, 6) is -0.328. The van der Waals surface area contributed by atoms with Crippen LogP contribution in [0.15, 0.2) is 22.7 Å². The smallest absolute Gasteiger partial charge is 0.347 e. The Morgan fingerprint density at radius 2 is 1.17 bits per heavy atom. The van der Waals surface area contributed by atoms with Gasteiger partial charge in [0.2, 0.25) is 0 Å². The lowest BCUT2D eigenvalue weighted by molar-refractivity contribution is -0.134. The molecule has 0 amide bonds. The number of carbonyl (C=O) groups is 2. The monoisotopic (exact) mass is 166 g/mol. The van der Waals surface area contributed by atoms with Crippen molar-refractivity contribution in [3.05, 3.63) is 22.7 Å². The second-order valence-electron chi connectivity index (χ2n) is 2.64. The van der Waals surface area contributed by atoms with E-state index in [0.29, 0.717) is 11.5 Å². The largest absolute Gasteiger partial charge is 0.427 e. The van der Waals surface area contributed by atoms with Crippen LogP contribution in [0.25, 0.3) is 0 Å². The van der Waals surface area contributed by atoms with E-state index in [-0.39, 0.29) is 11.1 Å². The summed E-state index contributed by atoms with van der Waals surface area (Å²) >= 11 is 0. The average Bonchev–Trinajstić information content (AvgIpc) is 2.38. The summed E-state index contributed by atoms with van der Waals surface area (Å²) in [7, 11) is 0. The van der Waals surface area contributed by atoms with Gasteiger partial charge in [-0.2, -0.15) is 0 Å². The summed E-state index contributed by atoms with van der Waals surface area (Å²) in [5, 5.41) is 0. The van der Waals surface area contributed by atoms with Crippen LogP contribution < -0.4 is 0 Å². The molecular formula is C8H6O4.